The second kappa shape index (κ2) is 5.00. The highest BCUT2D eigenvalue weighted by Gasteiger charge is 2.04. The van der Waals surface area contributed by atoms with E-state index >= 15 is 0 Å². The average molecular weight is 205 g/mol. The molecule has 0 amide bonds. The summed E-state index contributed by atoms with van der Waals surface area (Å²) in [5, 5.41) is 16.1. The fourth-order valence-corrected chi connectivity index (χ4v) is 0.552. The third-order valence-corrected chi connectivity index (χ3v) is 1.07. The van der Waals surface area contributed by atoms with Crippen LogP contribution in [0.5, 0.6) is 5.75 Å². The maximum Gasteiger partial charge on any atom is 0.300 e. The lowest BCUT2D eigenvalue weighted by Crippen LogP contribution is -1.90. The fraction of sp³-hybridized carbons (Fsp3) is 0.125. The van der Waals surface area contributed by atoms with Crippen LogP contribution < -0.4 is 5.73 Å². The summed E-state index contributed by atoms with van der Waals surface area (Å²) in [4.78, 5) is 9.00. The van der Waals surface area contributed by atoms with Gasteiger partial charge in [-0.05, 0) is 0 Å². The monoisotopic (exact) mass is 205 g/mol. The Hall–Kier alpha value is -1.85. The molecule has 0 unspecified atom stereocenters. The first-order valence-corrected chi connectivity index (χ1v) is 3.47. The smallest absolute Gasteiger partial charge is 0.300 e. The normalized spacial score (nSPS) is 8.79. The van der Waals surface area contributed by atoms with Crippen LogP contribution >= 0.6 is 0 Å². The molecule has 0 spiro atoms. The molecule has 0 saturated heterocycles. The minimum Gasteiger partial charge on any atom is -0.506 e. The Morgan fingerprint density at radius 2 is 1.71 bits per heavy atom. The molecule has 0 aliphatic carbocycles. The van der Waals surface area contributed by atoms with Gasteiger partial charge in [-0.3, -0.25) is 4.79 Å². The van der Waals surface area contributed by atoms with E-state index < -0.39 is 23.4 Å². The highest BCUT2D eigenvalue weighted by molar-refractivity contribution is 5.62. The third-order valence-electron chi connectivity index (χ3n) is 1.07. The van der Waals surface area contributed by atoms with Gasteiger partial charge in [-0.2, -0.15) is 0 Å². The molecule has 0 bridgehead atoms. The quantitative estimate of drug-likeness (QED) is 0.441. The first-order valence-electron chi connectivity index (χ1n) is 3.47. The number of nitrogens with two attached hydrogens (primary N) is 1. The van der Waals surface area contributed by atoms with Crippen molar-refractivity contribution >= 4 is 11.7 Å². The predicted octanol–water partition coefficient (Wildman–Crippen LogP) is 1.34. The van der Waals surface area contributed by atoms with Gasteiger partial charge >= 0.3 is 0 Å². The van der Waals surface area contributed by atoms with E-state index in [2.05, 4.69) is 0 Å². The number of phenolic OH excluding ortho intramolecular Hbond substituents is 1. The zero-order valence-electron chi connectivity index (χ0n) is 7.29. The Kier molecular flexibility index (Phi) is 4.34. The van der Waals surface area contributed by atoms with Crippen LogP contribution in [0.2, 0.25) is 0 Å². The number of nitrogen functional groups attached to an aromatic ring is 1. The summed E-state index contributed by atoms with van der Waals surface area (Å²) in [6, 6.07) is 1.36. The van der Waals surface area contributed by atoms with Gasteiger partial charge in [0, 0.05) is 19.1 Å². The van der Waals surface area contributed by atoms with Gasteiger partial charge in [0.15, 0.2) is 11.6 Å². The summed E-state index contributed by atoms with van der Waals surface area (Å²) in [6.07, 6.45) is 0. The maximum atomic E-state index is 12.2. The molecule has 4 N–H and O–H groups in total. The Morgan fingerprint density at radius 1 is 1.36 bits per heavy atom. The van der Waals surface area contributed by atoms with Crippen LogP contribution in [0.25, 0.3) is 0 Å². The number of hydrogen-bond acceptors (Lipinski definition) is 3. The van der Waals surface area contributed by atoms with Crippen molar-refractivity contribution in [3.63, 3.8) is 0 Å². The molecule has 6 heteroatoms. The first-order chi connectivity index (χ1) is 6.34. The molecule has 4 nitrogen and oxygen atoms in total. The standard InChI is InChI=1S/C6H5F2NO.C2H4O2/c7-3-1-5(9)6(10)2-4(3)8;1-2(3)4/h1-2,10H,9H2;1H3,(H,3,4). The summed E-state index contributed by atoms with van der Waals surface area (Å²) in [5.74, 6) is -3.44. The van der Waals surface area contributed by atoms with Crippen LogP contribution in [0, 0.1) is 11.6 Å². The second-order valence-corrected chi connectivity index (χ2v) is 2.34. The molecule has 0 saturated carbocycles. The minimum absolute atomic E-state index is 0.168. The van der Waals surface area contributed by atoms with Crippen molar-refractivity contribution < 1.29 is 23.8 Å². The number of carboxylic acid groups (broad SMARTS) is 1. The molecule has 0 heterocycles. The zero-order chi connectivity index (χ0) is 11.3. The van der Waals surface area contributed by atoms with Gasteiger partial charge in [0.05, 0.1) is 5.69 Å². The summed E-state index contributed by atoms with van der Waals surface area (Å²) >= 11 is 0. The van der Waals surface area contributed by atoms with Crippen LogP contribution in [0.3, 0.4) is 0 Å². The lowest BCUT2D eigenvalue weighted by molar-refractivity contribution is -0.134. The Labute approximate surface area is 78.6 Å². The Balaban J connectivity index is 0.000000364. The molecular weight excluding hydrogens is 196 g/mol. The molecule has 0 aliphatic heterocycles. The van der Waals surface area contributed by atoms with Crippen molar-refractivity contribution in [2.75, 3.05) is 5.73 Å². The van der Waals surface area contributed by atoms with Crippen LogP contribution in [0.1, 0.15) is 6.92 Å². The highest BCUT2D eigenvalue weighted by atomic mass is 19.2. The van der Waals surface area contributed by atoms with Crippen LogP contribution in [0.15, 0.2) is 12.1 Å². The summed E-state index contributed by atoms with van der Waals surface area (Å²) in [5.41, 5.74) is 4.87. The molecule has 1 rings (SSSR count). The molecule has 0 atom stereocenters. The third kappa shape index (κ3) is 4.24. The van der Waals surface area contributed by atoms with E-state index in [-0.39, 0.29) is 5.69 Å². The molecule has 1 aromatic carbocycles. The number of rotatable bonds is 0. The largest absolute Gasteiger partial charge is 0.506 e. The average Bonchev–Trinajstić information content (AvgIpc) is 2.00. The number of aromatic hydroxyl groups is 1. The first kappa shape index (κ1) is 12.2. The van der Waals surface area contributed by atoms with Crippen LogP contribution in [0.4, 0.5) is 14.5 Å². The summed E-state index contributed by atoms with van der Waals surface area (Å²) in [7, 11) is 0. The van der Waals surface area contributed by atoms with Gasteiger partial charge < -0.3 is 15.9 Å². The second-order valence-electron chi connectivity index (χ2n) is 2.34. The van der Waals surface area contributed by atoms with Crippen molar-refractivity contribution in [1.82, 2.24) is 0 Å². The Bertz CT molecular complexity index is 287. The SMILES string of the molecule is CC(=O)O.Nc1cc(F)c(F)cc1O. The fourth-order valence-electron chi connectivity index (χ4n) is 0.552. The van der Waals surface area contributed by atoms with E-state index in [9.17, 15) is 8.78 Å². The molecule has 1 aromatic rings. The molecule has 0 radical (unpaired) electrons. The molecule has 0 aromatic heterocycles. The zero-order valence-corrected chi connectivity index (χ0v) is 7.29. The molecular formula is C8H9F2NO3. The minimum atomic E-state index is -1.10. The lowest BCUT2D eigenvalue weighted by Gasteiger charge is -1.97. The number of carbonyl (C=O) groups is 1. The number of hydrogen-bond donors (Lipinski definition) is 3. The Morgan fingerprint density at radius 3 is 2.07 bits per heavy atom. The van der Waals surface area contributed by atoms with Gasteiger partial charge in [0.25, 0.3) is 5.97 Å². The molecule has 78 valence electrons. The highest BCUT2D eigenvalue weighted by Crippen LogP contribution is 2.22. The number of halogens is 2. The van der Waals surface area contributed by atoms with E-state index in [4.69, 9.17) is 20.7 Å². The molecule has 0 aliphatic rings. The van der Waals surface area contributed by atoms with Crippen LogP contribution in [-0.4, -0.2) is 16.2 Å². The van der Waals surface area contributed by atoms with E-state index in [0.29, 0.717) is 6.07 Å². The van der Waals surface area contributed by atoms with Crippen molar-refractivity contribution in [1.29, 1.82) is 0 Å². The van der Waals surface area contributed by atoms with Gasteiger partial charge in [-0.25, -0.2) is 8.78 Å². The topological polar surface area (TPSA) is 83.5 Å². The van der Waals surface area contributed by atoms with Crippen LogP contribution in [-0.2, 0) is 4.79 Å². The predicted molar refractivity (Wildman–Crippen MR) is 45.7 cm³/mol. The number of anilines is 1. The van der Waals surface area contributed by atoms with E-state index in [0.717, 1.165) is 13.0 Å². The van der Waals surface area contributed by atoms with Gasteiger partial charge in [0.2, 0.25) is 0 Å². The number of aliphatic carboxylic acids is 1. The van der Waals surface area contributed by atoms with Crippen molar-refractivity contribution in [3.05, 3.63) is 23.8 Å². The van der Waals surface area contributed by atoms with Gasteiger partial charge in [-0.1, -0.05) is 0 Å². The maximum absolute atomic E-state index is 12.2. The van der Waals surface area contributed by atoms with Crippen molar-refractivity contribution in [3.8, 4) is 5.75 Å². The van der Waals surface area contributed by atoms with Gasteiger partial charge in [0.1, 0.15) is 5.75 Å². The van der Waals surface area contributed by atoms with Crippen molar-refractivity contribution in [2.45, 2.75) is 6.92 Å². The molecule has 14 heavy (non-hydrogen) atoms. The van der Waals surface area contributed by atoms with Gasteiger partial charge in [-0.15, -0.1) is 0 Å². The van der Waals surface area contributed by atoms with E-state index in [1.54, 1.807) is 0 Å². The van der Waals surface area contributed by atoms with E-state index in [1.165, 1.54) is 0 Å². The number of phenols is 1. The lowest BCUT2D eigenvalue weighted by atomic mass is 10.3. The number of carboxylic acids is 1. The van der Waals surface area contributed by atoms with Crippen molar-refractivity contribution in [2.24, 2.45) is 0 Å². The van der Waals surface area contributed by atoms with E-state index in [1.807, 2.05) is 0 Å². The summed E-state index contributed by atoms with van der Waals surface area (Å²) in [6.45, 7) is 1.08. The number of benzene rings is 1. The molecule has 0 fully saturated rings. The summed E-state index contributed by atoms with van der Waals surface area (Å²) < 4.78 is 24.4.